The van der Waals surface area contributed by atoms with Crippen molar-refractivity contribution in [3.63, 3.8) is 0 Å². The van der Waals surface area contributed by atoms with Crippen LogP contribution in [-0.2, 0) is 59.6 Å². The number of hydrogen-bond acceptors (Lipinski definition) is 13. The van der Waals surface area contributed by atoms with E-state index in [0.29, 0.717) is 16.2 Å². The van der Waals surface area contributed by atoms with Gasteiger partial charge in [0, 0.05) is 12.7 Å². The molecule has 2 aliphatic heterocycles. The van der Waals surface area contributed by atoms with Gasteiger partial charge in [-0.3, -0.25) is 18.9 Å². The summed E-state index contributed by atoms with van der Waals surface area (Å²) in [6.45, 7) is -9.01. The first-order chi connectivity index (χ1) is 19.4. The van der Waals surface area contributed by atoms with Gasteiger partial charge in [-0.2, -0.15) is 4.98 Å². The Morgan fingerprint density at radius 1 is 1.17 bits per heavy atom. The van der Waals surface area contributed by atoms with E-state index in [9.17, 15) is 14.6 Å². The van der Waals surface area contributed by atoms with Gasteiger partial charge in [0.25, 0.3) is 5.56 Å². The summed E-state index contributed by atoms with van der Waals surface area (Å²) in [7, 11) is 0. The first kappa shape index (κ1) is 29.1. The van der Waals surface area contributed by atoms with Gasteiger partial charge in [-0.1, -0.05) is 11.6 Å². The van der Waals surface area contributed by atoms with Gasteiger partial charge >= 0.3 is 13.4 Å². The normalized spacial score (nSPS) is 31.6. The smallest absolute Gasteiger partial charge is 0.325 e. The van der Waals surface area contributed by atoms with Crippen LogP contribution in [0.3, 0.4) is 0 Å². The number of hydrogen-bond donors (Lipinski definition) is 4. The molecule has 6 atom stereocenters. The third-order valence-corrected chi connectivity index (χ3v) is 9.57. The molecule has 16 nitrogen and oxygen atoms in total. The Hall–Kier alpha value is -1.99. The summed E-state index contributed by atoms with van der Waals surface area (Å²) in [4.78, 5) is 53.0. The number of rotatable bonds is 1. The lowest BCUT2D eigenvalue weighted by molar-refractivity contribution is -0.0464. The van der Waals surface area contributed by atoms with Gasteiger partial charge in [0.15, 0.2) is 29.2 Å². The largest absolute Gasteiger partial charge is 0.369 e. The SMILES string of the molecule is Nc1nc2c(ncn2[C@@H]2O[C@@H]3COP(O)(=S)OCCn4c(nc5cc(Cl)cnc54)COP(O)(=S)O[C@@H]2[C@@H]3F)c(=O)[nH]1. The number of imidazole rings is 2. The minimum atomic E-state index is -4.18. The molecule has 1 saturated heterocycles. The number of aromatic nitrogens is 7. The van der Waals surface area contributed by atoms with Crippen LogP contribution in [0, 0.1) is 0 Å². The number of nitrogens with one attached hydrogen (secondary N) is 1. The van der Waals surface area contributed by atoms with Crippen molar-refractivity contribution in [1.82, 2.24) is 34.1 Å². The number of pyridine rings is 1. The molecule has 0 spiro atoms. The molecule has 2 unspecified atom stereocenters. The van der Waals surface area contributed by atoms with Crippen molar-refractivity contribution < 1.29 is 37.0 Å². The average Bonchev–Trinajstić information content (AvgIpc) is 3.55. The van der Waals surface area contributed by atoms with Crippen LogP contribution in [-0.4, -0.2) is 75.4 Å². The lowest BCUT2D eigenvalue weighted by atomic mass is 10.1. The molecule has 6 heterocycles. The summed E-state index contributed by atoms with van der Waals surface area (Å²) in [5.41, 5.74) is 5.72. The molecular weight excluding hydrogens is 649 g/mol. The highest BCUT2D eigenvalue weighted by Gasteiger charge is 2.50. The number of fused-ring (bicyclic) bond motifs is 6. The van der Waals surface area contributed by atoms with Gasteiger partial charge in [0.1, 0.15) is 30.2 Å². The molecule has 41 heavy (non-hydrogen) atoms. The van der Waals surface area contributed by atoms with Crippen molar-refractivity contribution in [3.8, 4) is 0 Å². The standard InChI is InChI=1S/C19H20ClFN8O8P2S2/c20-8-3-9-15(23-4-8)28-1-2-33-38(31,40)34-5-10-12(21)14(37-39(32,41)35-6-11(28)25-9)18(36-10)29-7-24-13-16(29)26-19(22)27-17(13)30/h3-4,7,10,12,14,18H,1-2,5-6H2,(H,31,40)(H,32,41)(H3,22,26,27,30)/t10-,12-,14-,18-,38?,39?/m1/s1. The van der Waals surface area contributed by atoms with Gasteiger partial charge in [0.05, 0.1) is 24.6 Å². The number of halogens is 2. The minimum absolute atomic E-state index is 0.0457. The van der Waals surface area contributed by atoms with Gasteiger partial charge in [-0.15, -0.1) is 0 Å². The predicted molar refractivity (Wildman–Crippen MR) is 148 cm³/mol. The summed E-state index contributed by atoms with van der Waals surface area (Å²) in [6.07, 6.45) is -3.77. The summed E-state index contributed by atoms with van der Waals surface area (Å²) in [5, 5.41) is 0.337. The Balaban J connectivity index is 1.38. The summed E-state index contributed by atoms with van der Waals surface area (Å²) < 4.78 is 46.5. The van der Waals surface area contributed by atoms with Crippen molar-refractivity contribution >= 4 is 76.9 Å². The van der Waals surface area contributed by atoms with Crippen LogP contribution in [0.5, 0.6) is 0 Å². The minimum Gasteiger partial charge on any atom is -0.369 e. The summed E-state index contributed by atoms with van der Waals surface area (Å²) in [6, 6.07) is 1.57. The van der Waals surface area contributed by atoms with E-state index in [-0.39, 0.29) is 42.7 Å². The Bertz CT molecular complexity index is 1810. The molecule has 22 heteroatoms. The van der Waals surface area contributed by atoms with E-state index in [2.05, 4.69) is 24.9 Å². The number of aromatic amines is 1. The zero-order chi connectivity index (χ0) is 29.1. The Labute approximate surface area is 244 Å². The molecule has 0 aromatic carbocycles. The van der Waals surface area contributed by atoms with Crippen LogP contribution >= 0.6 is 25.0 Å². The average molecular weight is 669 g/mol. The summed E-state index contributed by atoms with van der Waals surface area (Å²) >= 11 is 16.4. The second-order valence-electron chi connectivity index (χ2n) is 8.87. The lowest BCUT2D eigenvalue weighted by Crippen LogP contribution is -2.32. The van der Waals surface area contributed by atoms with E-state index in [1.807, 2.05) is 0 Å². The lowest BCUT2D eigenvalue weighted by Gasteiger charge is -2.25. The van der Waals surface area contributed by atoms with Gasteiger partial charge in [-0.25, -0.2) is 19.3 Å². The van der Waals surface area contributed by atoms with E-state index in [1.54, 1.807) is 10.6 Å². The van der Waals surface area contributed by atoms with Crippen LogP contribution in [0.4, 0.5) is 10.3 Å². The fourth-order valence-electron chi connectivity index (χ4n) is 4.45. The molecule has 0 aliphatic carbocycles. The predicted octanol–water partition coefficient (Wildman–Crippen LogP) is 1.42. The number of ether oxygens (including phenoxy) is 1. The van der Waals surface area contributed by atoms with Crippen LogP contribution in [0.25, 0.3) is 22.3 Å². The van der Waals surface area contributed by atoms with Gasteiger partial charge in [-0.05, 0) is 29.7 Å². The van der Waals surface area contributed by atoms with Gasteiger partial charge < -0.3 is 38.4 Å². The number of nitrogens with zero attached hydrogens (tertiary/aromatic N) is 6. The van der Waals surface area contributed by atoms with E-state index >= 15 is 4.39 Å². The van der Waals surface area contributed by atoms with Crippen LogP contribution in [0.15, 0.2) is 23.4 Å². The van der Waals surface area contributed by atoms with Crippen molar-refractivity contribution in [3.05, 3.63) is 39.8 Å². The summed E-state index contributed by atoms with van der Waals surface area (Å²) in [5.74, 6) is 0.0268. The zero-order valence-corrected chi connectivity index (χ0v) is 24.6. The highest BCUT2D eigenvalue weighted by Crippen LogP contribution is 2.52. The van der Waals surface area contributed by atoms with Crippen molar-refractivity contribution in [2.45, 2.75) is 37.8 Å². The number of anilines is 1. The van der Waals surface area contributed by atoms with E-state index in [0.717, 1.165) is 0 Å². The first-order valence-corrected chi connectivity index (χ1v) is 17.3. The third kappa shape index (κ3) is 5.82. The highest BCUT2D eigenvalue weighted by atomic mass is 35.5. The number of nitrogen functional groups attached to an aromatic ring is 1. The molecule has 220 valence electrons. The van der Waals surface area contributed by atoms with Gasteiger partial charge in [0.2, 0.25) is 5.95 Å². The second-order valence-corrected chi connectivity index (χ2v) is 14.9. The maximum atomic E-state index is 15.8. The maximum absolute atomic E-state index is 15.8. The Kier molecular flexibility index (Phi) is 7.76. The monoisotopic (exact) mass is 668 g/mol. The Morgan fingerprint density at radius 3 is 2.78 bits per heavy atom. The van der Waals surface area contributed by atoms with E-state index in [1.165, 1.54) is 17.1 Å². The molecule has 0 radical (unpaired) electrons. The fraction of sp³-hybridized carbons (Fsp3) is 0.421. The fourth-order valence-corrected chi connectivity index (χ4v) is 7.05. The van der Waals surface area contributed by atoms with Crippen molar-refractivity contribution in [2.75, 3.05) is 18.9 Å². The molecular formula is C19H20ClFN8O8P2S2. The molecule has 4 aromatic rings. The molecule has 6 rings (SSSR count). The zero-order valence-electron chi connectivity index (χ0n) is 20.4. The van der Waals surface area contributed by atoms with Crippen molar-refractivity contribution in [1.29, 1.82) is 0 Å². The highest BCUT2D eigenvalue weighted by molar-refractivity contribution is 8.07. The molecule has 2 bridgehead atoms. The molecule has 0 saturated carbocycles. The number of alkyl halides is 1. The third-order valence-electron chi connectivity index (χ3n) is 6.20. The molecule has 5 N–H and O–H groups in total. The van der Waals surface area contributed by atoms with Crippen LogP contribution in [0.1, 0.15) is 12.1 Å². The molecule has 2 aliphatic rings. The van der Waals surface area contributed by atoms with E-state index < -0.39 is 50.2 Å². The molecule has 4 aromatic heterocycles. The van der Waals surface area contributed by atoms with Crippen LogP contribution in [0.2, 0.25) is 5.02 Å². The second kappa shape index (κ2) is 10.9. The Morgan fingerprint density at radius 2 is 1.98 bits per heavy atom. The first-order valence-electron chi connectivity index (χ1n) is 11.7. The quantitative estimate of drug-likeness (QED) is 0.212. The van der Waals surface area contributed by atoms with E-state index in [4.69, 9.17) is 63.8 Å². The molecule has 0 amide bonds. The number of H-pyrrole nitrogens is 1. The number of nitrogens with two attached hydrogens (primary N) is 1. The topological polar surface area (TPSA) is 207 Å². The van der Waals surface area contributed by atoms with Crippen LogP contribution < -0.4 is 11.3 Å². The maximum Gasteiger partial charge on any atom is 0.325 e. The van der Waals surface area contributed by atoms with Crippen molar-refractivity contribution in [2.24, 2.45) is 0 Å². The molecule has 1 fully saturated rings.